The van der Waals surface area contributed by atoms with Crippen molar-refractivity contribution < 1.29 is 0 Å². The lowest BCUT2D eigenvalue weighted by atomic mass is 10.2. The van der Waals surface area contributed by atoms with Crippen LogP contribution in [0.1, 0.15) is 12.8 Å². The molecule has 5 heteroatoms. The first-order valence-corrected chi connectivity index (χ1v) is 7.27. The predicted molar refractivity (Wildman–Crippen MR) is 84.6 cm³/mol. The summed E-state index contributed by atoms with van der Waals surface area (Å²) in [5.74, 6) is 0.947. The maximum atomic E-state index is 5.31. The molecule has 0 radical (unpaired) electrons. The molecule has 90 valence electrons. The molecule has 1 atom stereocenters. The van der Waals surface area contributed by atoms with Crippen molar-refractivity contribution in [1.82, 2.24) is 0 Å². The lowest BCUT2D eigenvalue weighted by molar-refractivity contribution is 0.792. The van der Waals surface area contributed by atoms with Gasteiger partial charge in [0.25, 0.3) is 0 Å². The quantitative estimate of drug-likeness (QED) is 0.652. The van der Waals surface area contributed by atoms with Gasteiger partial charge in [0.2, 0.25) is 0 Å². The number of anilines is 1. The van der Waals surface area contributed by atoms with Gasteiger partial charge >= 0.3 is 0 Å². The largest absolute Gasteiger partial charge is 0.350 e. The van der Waals surface area contributed by atoms with Crippen molar-refractivity contribution in [1.29, 1.82) is 0 Å². The van der Waals surface area contributed by atoms with Crippen molar-refractivity contribution in [3.05, 3.63) is 30.3 Å². The van der Waals surface area contributed by atoms with Crippen molar-refractivity contribution in [3.8, 4) is 0 Å². The number of nitrogens with one attached hydrogen (secondary N) is 1. The van der Waals surface area contributed by atoms with E-state index >= 15 is 0 Å². The second-order valence-electron chi connectivity index (χ2n) is 3.78. The Labute approximate surface area is 117 Å². The summed E-state index contributed by atoms with van der Waals surface area (Å²) in [6.07, 6.45) is 3.58. The van der Waals surface area contributed by atoms with Crippen molar-refractivity contribution in [2.75, 3.05) is 11.1 Å². The average Bonchev–Trinajstić information content (AvgIpc) is 2.76. The van der Waals surface area contributed by atoms with Crippen LogP contribution in [-0.2, 0) is 0 Å². The Kier molecular flexibility index (Phi) is 4.48. The smallest absolute Gasteiger partial charge is 0.149 e. The summed E-state index contributed by atoms with van der Waals surface area (Å²) in [6, 6.07) is 9.97. The molecule has 0 aromatic heterocycles. The number of thiol groups is 1. The van der Waals surface area contributed by atoms with Gasteiger partial charge < -0.3 is 5.32 Å². The van der Waals surface area contributed by atoms with E-state index in [4.69, 9.17) is 12.2 Å². The summed E-state index contributed by atoms with van der Waals surface area (Å²) in [6.45, 7) is 0. The number of benzene rings is 1. The van der Waals surface area contributed by atoms with Crippen LogP contribution in [0.3, 0.4) is 0 Å². The van der Waals surface area contributed by atoms with Gasteiger partial charge in [-0.15, -0.1) is 24.4 Å². The van der Waals surface area contributed by atoms with E-state index in [-0.39, 0.29) is 4.20 Å². The second kappa shape index (κ2) is 5.89. The number of para-hydroxylation sites is 1. The van der Waals surface area contributed by atoms with Gasteiger partial charge in [-0.2, -0.15) is 0 Å². The van der Waals surface area contributed by atoms with Crippen molar-refractivity contribution in [3.63, 3.8) is 0 Å². The van der Waals surface area contributed by atoms with Crippen LogP contribution in [0.25, 0.3) is 0 Å². The molecule has 17 heavy (non-hydrogen) atoms. The van der Waals surface area contributed by atoms with Gasteiger partial charge in [0.1, 0.15) is 4.20 Å². The first kappa shape index (κ1) is 12.9. The molecule has 1 unspecified atom stereocenters. The maximum Gasteiger partial charge on any atom is 0.149 e. The highest BCUT2D eigenvalue weighted by Gasteiger charge is 2.27. The summed E-state index contributed by atoms with van der Waals surface area (Å²) in [5, 5.41) is 3.22. The molecule has 0 saturated heterocycles. The van der Waals surface area contributed by atoms with E-state index in [1.54, 1.807) is 11.8 Å². The van der Waals surface area contributed by atoms with E-state index in [9.17, 15) is 0 Å². The normalized spacial score (nSPS) is 22.6. The molecule has 1 aromatic rings. The number of aliphatic imine (C=N–C) groups is 1. The van der Waals surface area contributed by atoms with Crippen LogP contribution in [-0.4, -0.2) is 21.2 Å². The van der Waals surface area contributed by atoms with E-state index in [0.717, 1.165) is 29.3 Å². The highest BCUT2D eigenvalue weighted by molar-refractivity contribution is 8.12. The minimum absolute atomic E-state index is 0.275. The SMILES string of the molecule is S=C(CCC1(S)N=CCS1)Nc1ccccc1. The summed E-state index contributed by atoms with van der Waals surface area (Å²) in [5.41, 5.74) is 1.04. The molecular formula is C12H14N2S3. The minimum atomic E-state index is -0.275. The Balaban J connectivity index is 1.80. The topological polar surface area (TPSA) is 24.4 Å². The van der Waals surface area contributed by atoms with Crippen LogP contribution in [0.4, 0.5) is 5.69 Å². The fraction of sp³-hybridized carbons (Fsp3) is 0.333. The zero-order valence-corrected chi connectivity index (χ0v) is 11.8. The fourth-order valence-electron chi connectivity index (χ4n) is 1.55. The Bertz CT molecular complexity index is 419. The zero-order valence-electron chi connectivity index (χ0n) is 9.30. The van der Waals surface area contributed by atoms with Crippen LogP contribution >= 0.6 is 36.6 Å². The Morgan fingerprint density at radius 3 is 2.88 bits per heavy atom. The van der Waals surface area contributed by atoms with Crippen LogP contribution in [0, 0.1) is 0 Å². The Morgan fingerprint density at radius 1 is 1.47 bits per heavy atom. The van der Waals surface area contributed by atoms with Crippen LogP contribution in [0.2, 0.25) is 0 Å². The standard InChI is InChI=1S/C12H14N2S3/c15-11(14-10-4-2-1-3-5-10)6-7-12(16)13-8-9-17-12/h1-5,8,16H,6-7,9H2,(H,14,15). The van der Waals surface area contributed by atoms with E-state index < -0.39 is 0 Å². The highest BCUT2D eigenvalue weighted by Crippen LogP contribution is 2.38. The van der Waals surface area contributed by atoms with Gasteiger partial charge in [0, 0.05) is 24.1 Å². The summed E-state index contributed by atoms with van der Waals surface area (Å²) in [4.78, 5) is 5.20. The molecule has 0 amide bonds. The second-order valence-corrected chi connectivity index (χ2v) is 6.61. The summed E-state index contributed by atoms with van der Waals surface area (Å²) in [7, 11) is 0. The number of nitrogens with zero attached hydrogens (tertiary/aromatic N) is 1. The lowest BCUT2D eigenvalue weighted by Crippen LogP contribution is -2.16. The van der Waals surface area contributed by atoms with Crippen LogP contribution in [0.15, 0.2) is 35.3 Å². The molecule has 1 heterocycles. The summed E-state index contributed by atoms with van der Waals surface area (Å²) >= 11 is 11.6. The number of hydrogen-bond donors (Lipinski definition) is 2. The van der Waals surface area contributed by atoms with Gasteiger partial charge in [-0.05, 0) is 18.6 Å². The number of rotatable bonds is 4. The molecule has 0 fully saturated rings. The molecule has 0 spiro atoms. The number of hydrogen-bond acceptors (Lipinski definition) is 4. The lowest BCUT2D eigenvalue weighted by Gasteiger charge is -2.18. The van der Waals surface area contributed by atoms with Gasteiger partial charge in [0.05, 0.1) is 4.99 Å². The minimum Gasteiger partial charge on any atom is -0.350 e. The summed E-state index contributed by atoms with van der Waals surface area (Å²) < 4.78 is -0.275. The molecule has 0 saturated carbocycles. The molecule has 1 N–H and O–H groups in total. The van der Waals surface area contributed by atoms with Gasteiger partial charge in [-0.25, -0.2) is 0 Å². The third-order valence-corrected chi connectivity index (χ3v) is 4.54. The first-order valence-electron chi connectivity index (χ1n) is 5.43. The molecule has 0 aliphatic carbocycles. The van der Waals surface area contributed by atoms with Crippen LogP contribution < -0.4 is 5.32 Å². The molecular weight excluding hydrogens is 268 g/mol. The van der Waals surface area contributed by atoms with Gasteiger partial charge in [-0.3, -0.25) is 4.99 Å². The third-order valence-electron chi connectivity index (χ3n) is 2.42. The average molecular weight is 282 g/mol. The Morgan fingerprint density at radius 2 is 2.24 bits per heavy atom. The fourth-order valence-corrected chi connectivity index (χ4v) is 2.99. The van der Waals surface area contributed by atoms with E-state index in [1.807, 2.05) is 36.5 Å². The van der Waals surface area contributed by atoms with Crippen molar-refractivity contribution >= 4 is 53.5 Å². The zero-order chi connectivity index (χ0) is 12.1. The maximum absolute atomic E-state index is 5.31. The third kappa shape index (κ3) is 4.01. The van der Waals surface area contributed by atoms with Crippen LogP contribution in [0.5, 0.6) is 0 Å². The van der Waals surface area contributed by atoms with E-state index in [2.05, 4.69) is 22.9 Å². The highest BCUT2D eigenvalue weighted by atomic mass is 32.2. The molecule has 2 nitrogen and oxygen atoms in total. The molecule has 1 aliphatic heterocycles. The molecule has 1 aliphatic rings. The number of thiocarbonyl (C=S) groups is 1. The van der Waals surface area contributed by atoms with E-state index in [0.29, 0.717) is 0 Å². The predicted octanol–water partition coefficient (Wildman–Crippen LogP) is 3.61. The molecule has 0 bridgehead atoms. The molecule has 2 rings (SSSR count). The Hall–Kier alpha value is -0.520. The van der Waals surface area contributed by atoms with Crippen molar-refractivity contribution in [2.24, 2.45) is 4.99 Å². The van der Waals surface area contributed by atoms with Gasteiger partial charge in [0.15, 0.2) is 0 Å². The first-order chi connectivity index (χ1) is 8.18. The number of thioether (sulfide) groups is 1. The monoisotopic (exact) mass is 282 g/mol. The van der Waals surface area contributed by atoms with Crippen molar-refractivity contribution in [2.45, 2.75) is 17.0 Å². The van der Waals surface area contributed by atoms with E-state index in [1.165, 1.54) is 0 Å². The van der Waals surface area contributed by atoms with Gasteiger partial charge in [-0.1, -0.05) is 30.4 Å². The molecule has 1 aromatic carbocycles.